The van der Waals surface area contributed by atoms with Crippen molar-refractivity contribution < 1.29 is 4.79 Å². The number of aryl methyl sites for hydroxylation is 1. The molecule has 4 rings (SSSR count). The van der Waals surface area contributed by atoms with E-state index < -0.39 is 0 Å². The summed E-state index contributed by atoms with van der Waals surface area (Å²) in [6.07, 6.45) is 5.46. The third-order valence-corrected chi connectivity index (χ3v) is 6.58. The first-order valence-corrected chi connectivity index (χ1v) is 11.4. The van der Waals surface area contributed by atoms with Gasteiger partial charge in [0.1, 0.15) is 5.15 Å². The molecular formula is C25H31ClN4O. The summed E-state index contributed by atoms with van der Waals surface area (Å²) in [6.45, 7) is 3.84. The maximum absolute atomic E-state index is 13.4. The summed E-state index contributed by atoms with van der Waals surface area (Å²) in [4.78, 5) is 19.8. The highest BCUT2D eigenvalue weighted by molar-refractivity contribution is 6.30. The van der Waals surface area contributed by atoms with Gasteiger partial charge in [-0.3, -0.25) is 4.79 Å². The molecule has 2 aliphatic carbocycles. The molecular weight excluding hydrogens is 408 g/mol. The van der Waals surface area contributed by atoms with Gasteiger partial charge in [0.05, 0.1) is 5.57 Å². The standard InChI is InChI=1S/C25H31ClN4O/c1-15-11-20(15)21-13-17(27)6-8-18(21)19-7-5-16-12-23(26)29-14-22(16)24(19)25(31)28-9-4-10-30(2)3/h6,8,12-15,20H,4-5,7,9-11,27H2,1-3H3,(H,28,31). The van der Waals surface area contributed by atoms with Gasteiger partial charge in [0.15, 0.2) is 0 Å². The molecule has 2 unspecified atom stereocenters. The molecule has 164 valence electrons. The number of nitrogens with one attached hydrogen (secondary N) is 1. The fourth-order valence-electron chi connectivity index (χ4n) is 4.58. The molecule has 0 aliphatic heterocycles. The fourth-order valence-corrected chi connectivity index (χ4v) is 4.76. The quantitative estimate of drug-likeness (QED) is 0.382. The highest BCUT2D eigenvalue weighted by Crippen LogP contribution is 2.51. The maximum Gasteiger partial charge on any atom is 0.252 e. The second kappa shape index (κ2) is 9.01. The van der Waals surface area contributed by atoms with Gasteiger partial charge in [-0.25, -0.2) is 4.98 Å². The number of amides is 1. The summed E-state index contributed by atoms with van der Waals surface area (Å²) in [6, 6.07) is 8.03. The number of rotatable bonds is 7. The molecule has 2 atom stereocenters. The van der Waals surface area contributed by atoms with E-state index in [9.17, 15) is 4.79 Å². The molecule has 1 amide bonds. The van der Waals surface area contributed by atoms with E-state index >= 15 is 0 Å². The van der Waals surface area contributed by atoms with Crippen LogP contribution in [0.2, 0.25) is 5.15 Å². The normalized spacial score (nSPS) is 20.0. The van der Waals surface area contributed by atoms with Crippen LogP contribution in [0.15, 0.2) is 30.5 Å². The zero-order valence-electron chi connectivity index (χ0n) is 18.5. The van der Waals surface area contributed by atoms with Crippen molar-refractivity contribution in [3.05, 3.63) is 57.9 Å². The van der Waals surface area contributed by atoms with Crippen LogP contribution in [0.3, 0.4) is 0 Å². The molecule has 6 heteroatoms. The van der Waals surface area contributed by atoms with Crippen LogP contribution in [0.25, 0.3) is 11.1 Å². The van der Waals surface area contributed by atoms with Gasteiger partial charge in [-0.2, -0.15) is 0 Å². The summed E-state index contributed by atoms with van der Waals surface area (Å²) in [5, 5.41) is 3.60. The molecule has 3 N–H and O–H groups in total. The van der Waals surface area contributed by atoms with Crippen LogP contribution in [0.1, 0.15) is 54.4 Å². The summed E-state index contributed by atoms with van der Waals surface area (Å²) < 4.78 is 0. The average Bonchev–Trinajstić information content (AvgIpc) is 3.46. The van der Waals surface area contributed by atoms with E-state index in [0.29, 0.717) is 23.5 Å². The van der Waals surface area contributed by atoms with Crippen LogP contribution >= 0.6 is 11.6 Å². The highest BCUT2D eigenvalue weighted by atomic mass is 35.5. The van der Waals surface area contributed by atoms with E-state index in [-0.39, 0.29) is 5.91 Å². The zero-order chi connectivity index (χ0) is 22.1. The number of fused-ring (bicyclic) bond motifs is 1. The number of nitrogen functional groups attached to an aromatic ring is 1. The number of carbonyl (C=O) groups is 1. The van der Waals surface area contributed by atoms with Gasteiger partial charge in [0.2, 0.25) is 0 Å². The smallest absolute Gasteiger partial charge is 0.252 e. The number of hydrogen-bond donors (Lipinski definition) is 2. The number of allylic oxidation sites excluding steroid dienone is 1. The summed E-state index contributed by atoms with van der Waals surface area (Å²) >= 11 is 6.15. The Morgan fingerprint density at radius 2 is 2.03 bits per heavy atom. The van der Waals surface area contributed by atoms with E-state index in [2.05, 4.69) is 34.3 Å². The Labute approximate surface area is 189 Å². The number of anilines is 1. The van der Waals surface area contributed by atoms with Crippen molar-refractivity contribution >= 4 is 34.3 Å². The van der Waals surface area contributed by atoms with E-state index in [4.69, 9.17) is 17.3 Å². The van der Waals surface area contributed by atoms with Crippen LogP contribution < -0.4 is 11.1 Å². The van der Waals surface area contributed by atoms with Crippen LogP contribution in [0, 0.1) is 5.92 Å². The fraction of sp³-hybridized carbons (Fsp3) is 0.440. The second-order valence-electron chi connectivity index (χ2n) is 9.10. The molecule has 2 aromatic rings. The molecule has 2 aliphatic rings. The minimum atomic E-state index is -0.0366. The van der Waals surface area contributed by atoms with Crippen molar-refractivity contribution in [3.63, 3.8) is 0 Å². The van der Waals surface area contributed by atoms with E-state index in [0.717, 1.165) is 59.3 Å². The third kappa shape index (κ3) is 4.78. The van der Waals surface area contributed by atoms with Gasteiger partial charge >= 0.3 is 0 Å². The van der Waals surface area contributed by atoms with Crippen molar-refractivity contribution in [2.75, 3.05) is 32.9 Å². The van der Waals surface area contributed by atoms with E-state index in [1.165, 1.54) is 12.0 Å². The monoisotopic (exact) mass is 438 g/mol. The van der Waals surface area contributed by atoms with Crippen LogP contribution in [0.4, 0.5) is 5.69 Å². The first kappa shape index (κ1) is 21.8. The highest BCUT2D eigenvalue weighted by Gasteiger charge is 2.37. The first-order chi connectivity index (χ1) is 14.8. The predicted octanol–water partition coefficient (Wildman–Crippen LogP) is 4.37. The average molecular weight is 439 g/mol. The lowest BCUT2D eigenvalue weighted by molar-refractivity contribution is -0.115. The van der Waals surface area contributed by atoms with Crippen LogP contribution in [-0.2, 0) is 11.2 Å². The van der Waals surface area contributed by atoms with Crippen molar-refractivity contribution in [3.8, 4) is 0 Å². The Kier molecular flexibility index (Phi) is 6.35. The Morgan fingerprint density at radius 3 is 2.74 bits per heavy atom. The number of nitrogens with zero attached hydrogens (tertiary/aromatic N) is 2. The number of benzene rings is 1. The van der Waals surface area contributed by atoms with E-state index in [1.807, 2.05) is 26.2 Å². The Morgan fingerprint density at radius 1 is 1.26 bits per heavy atom. The Bertz CT molecular complexity index is 1030. The summed E-state index contributed by atoms with van der Waals surface area (Å²) in [5.41, 5.74) is 13.1. The van der Waals surface area contributed by atoms with Gasteiger partial charge in [0.25, 0.3) is 5.91 Å². The van der Waals surface area contributed by atoms with Crippen molar-refractivity contribution in [2.45, 2.75) is 38.5 Å². The Balaban J connectivity index is 1.76. The molecule has 1 aromatic heterocycles. The number of nitrogens with two attached hydrogens (primary N) is 1. The van der Waals surface area contributed by atoms with E-state index in [1.54, 1.807) is 6.20 Å². The molecule has 5 nitrogen and oxygen atoms in total. The van der Waals surface area contributed by atoms with Gasteiger partial charge in [-0.1, -0.05) is 24.6 Å². The summed E-state index contributed by atoms with van der Waals surface area (Å²) in [5.74, 6) is 1.13. The van der Waals surface area contributed by atoms with Gasteiger partial charge in [0, 0.05) is 24.0 Å². The molecule has 31 heavy (non-hydrogen) atoms. The first-order valence-electron chi connectivity index (χ1n) is 11.1. The largest absolute Gasteiger partial charge is 0.399 e. The predicted molar refractivity (Wildman–Crippen MR) is 128 cm³/mol. The lowest BCUT2D eigenvalue weighted by atomic mass is 9.81. The van der Waals surface area contributed by atoms with Crippen LogP contribution in [-0.4, -0.2) is 43.0 Å². The molecule has 1 fully saturated rings. The van der Waals surface area contributed by atoms with Gasteiger partial charge in [-0.15, -0.1) is 0 Å². The number of aromatic nitrogens is 1. The number of hydrogen-bond acceptors (Lipinski definition) is 4. The molecule has 1 heterocycles. The molecule has 0 radical (unpaired) electrons. The summed E-state index contributed by atoms with van der Waals surface area (Å²) in [7, 11) is 4.08. The van der Waals surface area contributed by atoms with Crippen molar-refractivity contribution in [1.29, 1.82) is 0 Å². The van der Waals surface area contributed by atoms with Gasteiger partial charge < -0.3 is 16.0 Å². The third-order valence-electron chi connectivity index (χ3n) is 6.38. The molecule has 0 saturated heterocycles. The second-order valence-corrected chi connectivity index (χ2v) is 9.48. The van der Waals surface area contributed by atoms with Gasteiger partial charge in [-0.05, 0) is 98.6 Å². The lowest BCUT2D eigenvalue weighted by Gasteiger charge is -2.25. The SMILES string of the molecule is CC1CC1c1cc(N)ccc1C1=C(C(=O)NCCCN(C)C)c2cnc(Cl)cc2CC1. The van der Waals surface area contributed by atoms with Crippen molar-refractivity contribution in [1.82, 2.24) is 15.2 Å². The number of pyridine rings is 1. The maximum atomic E-state index is 13.4. The number of carbonyl (C=O) groups excluding carboxylic acids is 1. The molecule has 0 spiro atoms. The topological polar surface area (TPSA) is 71.2 Å². The van der Waals surface area contributed by atoms with Crippen LogP contribution in [0.5, 0.6) is 0 Å². The number of halogens is 1. The minimum absolute atomic E-state index is 0.0366. The Hall–Kier alpha value is -2.37. The minimum Gasteiger partial charge on any atom is -0.399 e. The van der Waals surface area contributed by atoms with Crippen molar-refractivity contribution in [2.24, 2.45) is 5.92 Å². The lowest BCUT2D eigenvalue weighted by Crippen LogP contribution is -2.29. The molecule has 1 saturated carbocycles. The molecule has 1 aromatic carbocycles. The molecule has 0 bridgehead atoms. The zero-order valence-corrected chi connectivity index (χ0v) is 19.3.